The predicted molar refractivity (Wildman–Crippen MR) is 91.6 cm³/mol. The molecule has 130 valence electrons. The fourth-order valence-electron chi connectivity index (χ4n) is 3.76. The molecule has 1 aromatic rings. The number of amides is 2. The lowest BCUT2D eigenvalue weighted by molar-refractivity contribution is -0.133. The molecule has 24 heavy (non-hydrogen) atoms. The first-order valence-electron chi connectivity index (χ1n) is 8.68. The van der Waals surface area contributed by atoms with Gasteiger partial charge in [-0.25, -0.2) is 0 Å². The standard InChI is InChI=1S/C19H26N2O3/c1-18(2)12-15(9-11-24-18)21-17(23)19(10-8-16(22)20-13-19)14-6-4-3-5-7-14/h3-7,15H,8-13H2,1-2H3,(H,20,22)(H,21,23)/t15-,19-/m1/s1. The molecule has 2 aliphatic rings. The SMILES string of the molecule is CC1(C)C[C@H](NC(=O)[C@]2(c3ccccc3)CCC(=O)NC2)CCO1. The molecule has 2 fully saturated rings. The highest BCUT2D eigenvalue weighted by atomic mass is 16.5. The first-order chi connectivity index (χ1) is 11.4. The van der Waals surface area contributed by atoms with E-state index >= 15 is 0 Å². The summed E-state index contributed by atoms with van der Waals surface area (Å²) < 4.78 is 5.74. The van der Waals surface area contributed by atoms with E-state index in [9.17, 15) is 9.59 Å². The first-order valence-corrected chi connectivity index (χ1v) is 8.68. The Balaban J connectivity index is 1.81. The molecule has 1 aromatic carbocycles. The van der Waals surface area contributed by atoms with Gasteiger partial charge in [-0.05, 0) is 38.7 Å². The molecule has 0 aliphatic carbocycles. The van der Waals surface area contributed by atoms with Gasteiger partial charge in [-0.1, -0.05) is 30.3 Å². The highest BCUT2D eigenvalue weighted by Crippen LogP contribution is 2.33. The largest absolute Gasteiger partial charge is 0.375 e. The lowest BCUT2D eigenvalue weighted by Crippen LogP contribution is -2.58. The van der Waals surface area contributed by atoms with Gasteiger partial charge in [-0.15, -0.1) is 0 Å². The summed E-state index contributed by atoms with van der Waals surface area (Å²) in [4.78, 5) is 24.8. The summed E-state index contributed by atoms with van der Waals surface area (Å²) in [6.07, 6.45) is 2.55. The molecule has 2 heterocycles. The van der Waals surface area contributed by atoms with E-state index < -0.39 is 5.41 Å². The molecule has 0 spiro atoms. The molecule has 3 rings (SSSR count). The van der Waals surface area contributed by atoms with Gasteiger partial charge in [0.25, 0.3) is 0 Å². The van der Waals surface area contributed by atoms with Gasteiger partial charge in [0.2, 0.25) is 11.8 Å². The lowest BCUT2D eigenvalue weighted by atomic mass is 9.73. The molecule has 0 unspecified atom stereocenters. The minimum absolute atomic E-state index is 0.0106. The van der Waals surface area contributed by atoms with E-state index in [0.29, 0.717) is 26.0 Å². The quantitative estimate of drug-likeness (QED) is 0.889. The highest BCUT2D eigenvalue weighted by molar-refractivity contribution is 5.91. The van der Waals surface area contributed by atoms with Crippen LogP contribution < -0.4 is 10.6 Å². The maximum absolute atomic E-state index is 13.2. The third-order valence-corrected chi connectivity index (χ3v) is 5.16. The van der Waals surface area contributed by atoms with Gasteiger partial charge in [0.05, 0.1) is 11.0 Å². The normalized spacial score (nSPS) is 29.6. The maximum Gasteiger partial charge on any atom is 0.232 e. The van der Waals surface area contributed by atoms with Crippen molar-refractivity contribution in [2.75, 3.05) is 13.2 Å². The predicted octanol–water partition coefficient (Wildman–Crippen LogP) is 1.91. The van der Waals surface area contributed by atoms with Crippen molar-refractivity contribution in [3.8, 4) is 0 Å². The van der Waals surface area contributed by atoms with E-state index in [1.54, 1.807) is 0 Å². The Morgan fingerprint density at radius 1 is 1.29 bits per heavy atom. The molecule has 0 bridgehead atoms. The molecule has 2 N–H and O–H groups in total. The maximum atomic E-state index is 13.2. The van der Waals surface area contributed by atoms with Crippen molar-refractivity contribution in [1.29, 1.82) is 0 Å². The van der Waals surface area contributed by atoms with E-state index in [-0.39, 0.29) is 23.5 Å². The van der Waals surface area contributed by atoms with E-state index in [1.165, 1.54) is 0 Å². The number of benzene rings is 1. The van der Waals surface area contributed by atoms with Gasteiger partial charge >= 0.3 is 0 Å². The number of piperidine rings is 1. The Morgan fingerprint density at radius 3 is 2.67 bits per heavy atom. The van der Waals surface area contributed by atoms with Crippen LogP contribution in [-0.2, 0) is 19.7 Å². The Morgan fingerprint density at radius 2 is 2.04 bits per heavy atom. The first kappa shape index (κ1) is 17.0. The number of hydrogen-bond acceptors (Lipinski definition) is 3. The number of nitrogens with one attached hydrogen (secondary N) is 2. The van der Waals surface area contributed by atoms with Crippen molar-refractivity contribution in [2.24, 2.45) is 0 Å². The summed E-state index contributed by atoms with van der Waals surface area (Å²) in [5.74, 6) is 0.0259. The van der Waals surface area contributed by atoms with Gasteiger partial charge < -0.3 is 15.4 Å². The number of carbonyl (C=O) groups excluding carboxylic acids is 2. The fraction of sp³-hybridized carbons (Fsp3) is 0.579. The fourth-order valence-corrected chi connectivity index (χ4v) is 3.76. The Labute approximate surface area is 143 Å². The van der Waals surface area contributed by atoms with Crippen LogP contribution in [-0.4, -0.2) is 36.6 Å². The average Bonchev–Trinajstić information content (AvgIpc) is 2.55. The molecule has 2 saturated heterocycles. The van der Waals surface area contributed by atoms with E-state index in [1.807, 2.05) is 30.3 Å². The molecule has 0 aromatic heterocycles. The summed E-state index contributed by atoms with van der Waals surface area (Å²) in [5, 5.41) is 6.11. The van der Waals surface area contributed by atoms with E-state index in [0.717, 1.165) is 18.4 Å². The van der Waals surface area contributed by atoms with Gasteiger partial charge in [0, 0.05) is 25.6 Å². The third kappa shape index (κ3) is 3.46. The summed E-state index contributed by atoms with van der Waals surface area (Å²) in [6.45, 7) is 5.12. The molecular formula is C19H26N2O3. The van der Waals surface area contributed by atoms with Gasteiger partial charge in [-0.3, -0.25) is 9.59 Å². The van der Waals surface area contributed by atoms with Crippen molar-refractivity contribution in [2.45, 2.75) is 56.6 Å². The van der Waals surface area contributed by atoms with E-state index in [4.69, 9.17) is 4.74 Å². The van der Waals surface area contributed by atoms with Crippen LogP contribution >= 0.6 is 0 Å². The van der Waals surface area contributed by atoms with Crippen LogP contribution in [0.25, 0.3) is 0 Å². The minimum atomic E-state index is -0.683. The van der Waals surface area contributed by atoms with Gasteiger partial charge in [-0.2, -0.15) is 0 Å². The molecule has 2 amide bonds. The average molecular weight is 330 g/mol. The zero-order chi connectivity index (χ0) is 17.2. The van der Waals surface area contributed by atoms with Gasteiger partial charge in [0.1, 0.15) is 0 Å². The minimum Gasteiger partial charge on any atom is -0.375 e. The monoisotopic (exact) mass is 330 g/mol. The molecule has 0 radical (unpaired) electrons. The lowest BCUT2D eigenvalue weighted by Gasteiger charge is -2.40. The number of hydrogen-bond donors (Lipinski definition) is 2. The molecule has 5 nitrogen and oxygen atoms in total. The molecular weight excluding hydrogens is 304 g/mol. The Kier molecular flexibility index (Phi) is 4.63. The summed E-state index contributed by atoms with van der Waals surface area (Å²) >= 11 is 0. The van der Waals surface area contributed by atoms with Crippen LogP contribution in [0.1, 0.15) is 45.1 Å². The van der Waals surface area contributed by atoms with E-state index in [2.05, 4.69) is 24.5 Å². The van der Waals surface area contributed by atoms with Gasteiger partial charge in [0.15, 0.2) is 0 Å². The highest BCUT2D eigenvalue weighted by Gasteiger charge is 2.44. The van der Waals surface area contributed by atoms with Crippen molar-refractivity contribution >= 4 is 11.8 Å². The van der Waals surface area contributed by atoms with Crippen LogP contribution in [0.3, 0.4) is 0 Å². The van der Waals surface area contributed by atoms with Crippen LogP contribution in [0.4, 0.5) is 0 Å². The summed E-state index contributed by atoms with van der Waals surface area (Å²) in [5.41, 5.74) is 0.0722. The molecule has 2 atom stereocenters. The zero-order valence-electron chi connectivity index (χ0n) is 14.4. The second-order valence-electron chi connectivity index (χ2n) is 7.50. The number of rotatable bonds is 3. The van der Waals surface area contributed by atoms with Crippen LogP contribution in [0, 0.1) is 0 Å². The third-order valence-electron chi connectivity index (χ3n) is 5.16. The summed E-state index contributed by atoms with van der Waals surface area (Å²) in [7, 11) is 0. The molecule has 0 saturated carbocycles. The Hall–Kier alpha value is -1.88. The molecule has 2 aliphatic heterocycles. The van der Waals surface area contributed by atoms with Crippen molar-refractivity contribution < 1.29 is 14.3 Å². The number of carbonyl (C=O) groups is 2. The topological polar surface area (TPSA) is 67.4 Å². The van der Waals surface area contributed by atoms with Crippen molar-refractivity contribution in [1.82, 2.24) is 10.6 Å². The molecule has 5 heteroatoms. The number of ether oxygens (including phenoxy) is 1. The summed E-state index contributed by atoms with van der Waals surface area (Å²) in [6, 6.07) is 9.89. The second-order valence-corrected chi connectivity index (χ2v) is 7.50. The van der Waals surface area contributed by atoms with Crippen molar-refractivity contribution in [3.05, 3.63) is 35.9 Å². The Bertz CT molecular complexity index is 602. The van der Waals surface area contributed by atoms with Crippen molar-refractivity contribution in [3.63, 3.8) is 0 Å². The van der Waals surface area contributed by atoms with Crippen LogP contribution in [0.2, 0.25) is 0 Å². The van der Waals surface area contributed by atoms with Crippen LogP contribution in [0.5, 0.6) is 0 Å². The second kappa shape index (κ2) is 6.55. The van der Waals surface area contributed by atoms with Crippen LogP contribution in [0.15, 0.2) is 30.3 Å². The smallest absolute Gasteiger partial charge is 0.232 e. The zero-order valence-corrected chi connectivity index (χ0v) is 14.4.